The Kier molecular flexibility index (Phi) is 8.22. The second-order valence-electron chi connectivity index (χ2n) is 8.11. The number of piperidine rings is 1. The molecule has 0 radical (unpaired) electrons. The second-order valence-corrected chi connectivity index (χ2v) is 11.6. The topological polar surface area (TPSA) is 113 Å². The van der Waals surface area contributed by atoms with Gasteiger partial charge < -0.3 is 4.90 Å². The van der Waals surface area contributed by atoms with Crippen molar-refractivity contribution in [2.75, 3.05) is 26.2 Å². The molecule has 8 nitrogen and oxygen atoms in total. The van der Waals surface area contributed by atoms with E-state index in [0.717, 1.165) is 42.7 Å². The van der Waals surface area contributed by atoms with E-state index in [1.54, 1.807) is 29.2 Å². The normalized spacial score (nSPS) is 17.2. The summed E-state index contributed by atoms with van der Waals surface area (Å²) in [5.74, 6) is -0.772. The Morgan fingerprint density at radius 2 is 1.55 bits per heavy atom. The van der Waals surface area contributed by atoms with E-state index in [1.807, 2.05) is 6.92 Å². The highest BCUT2D eigenvalue weighted by Gasteiger charge is 2.25. The van der Waals surface area contributed by atoms with Crippen molar-refractivity contribution in [3.8, 4) is 0 Å². The van der Waals surface area contributed by atoms with Gasteiger partial charge in [-0.3, -0.25) is 4.79 Å². The molecule has 1 saturated heterocycles. The van der Waals surface area contributed by atoms with Crippen molar-refractivity contribution in [1.29, 1.82) is 0 Å². The number of aryl methyl sites for hydroxylation is 1. The molecule has 1 heterocycles. The number of amides is 1. The lowest BCUT2D eigenvalue weighted by molar-refractivity contribution is -0.132. The Labute approximate surface area is 194 Å². The fourth-order valence-corrected chi connectivity index (χ4v) is 5.78. The third-order valence-electron chi connectivity index (χ3n) is 5.52. The van der Waals surface area contributed by atoms with Gasteiger partial charge in [0.2, 0.25) is 26.0 Å². The first-order chi connectivity index (χ1) is 15.6. The molecule has 1 fully saturated rings. The minimum atomic E-state index is -3.83. The molecule has 0 aromatic heterocycles. The fraction of sp³-hybridized carbons (Fsp3) is 0.409. The smallest absolute Gasteiger partial charge is 0.240 e. The van der Waals surface area contributed by atoms with E-state index in [9.17, 15) is 26.0 Å². The number of carbonyl (C=O) groups excluding carboxylic acids is 1. The summed E-state index contributed by atoms with van der Waals surface area (Å²) in [6, 6.07) is 11.0. The number of hydrogen-bond donors (Lipinski definition) is 2. The Morgan fingerprint density at radius 3 is 2.18 bits per heavy atom. The van der Waals surface area contributed by atoms with Gasteiger partial charge in [-0.25, -0.2) is 30.7 Å². The van der Waals surface area contributed by atoms with Crippen LogP contribution in [-0.2, 0) is 24.8 Å². The average Bonchev–Trinajstić information content (AvgIpc) is 2.78. The van der Waals surface area contributed by atoms with Crippen molar-refractivity contribution in [2.45, 2.75) is 36.0 Å². The number of sulfonamides is 2. The first-order valence-corrected chi connectivity index (χ1v) is 13.6. The van der Waals surface area contributed by atoms with Crippen LogP contribution in [0.3, 0.4) is 0 Å². The van der Waals surface area contributed by atoms with Gasteiger partial charge in [-0.2, -0.15) is 0 Å². The number of hydrogen-bond acceptors (Lipinski definition) is 5. The molecule has 1 aliphatic heterocycles. The minimum Gasteiger partial charge on any atom is -0.342 e. The van der Waals surface area contributed by atoms with Crippen LogP contribution in [0.2, 0.25) is 0 Å². The van der Waals surface area contributed by atoms with E-state index in [0.29, 0.717) is 13.1 Å². The summed E-state index contributed by atoms with van der Waals surface area (Å²) in [7, 11) is -7.46. The molecular weight excluding hydrogens is 469 g/mol. The van der Waals surface area contributed by atoms with Crippen LogP contribution in [0.4, 0.5) is 4.39 Å². The Balaban J connectivity index is 1.48. The van der Waals surface area contributed by atoms with E-state index in [-0.39, 0.29) is 41.1 Å². The molecule has 0 bridgehead atoms. The Bertz CT molecular complexity index is 1170. The third-order valence-corrected chi connectivity index (χ3v) is 8.44. The van der Waals surface area contributed by atoms with Crippen LogP contribution in [0.1, 0.15) is 24.8 Å². The van der Waals surface area contributed by atoms with E-state index < -0.39 is 25.9 Å². The molecule has 1 aliphatic rings. The molecule has 180 valence electrons. The number of halogens is 1. The largest absolute Gasteiger partial charge is 0.342 e. The highest BCUT2D eigenvalue weighted by molar-refractivity contribution is 7.89. The number of benzene rings is 2. The SMILES string of the molecule is Cc1ccc(S(=O)(=O)NCC2CCCN(C(=O)CCNS(=O)(=O)c3ccc(F)cc3)C2)cc1. The number of nitrogens with one attached hydrogen (secondary N) is 2. The highest BCUT2D eigenvalue weighted by Crippen LogP contribution is 2.18. The lowest BCUT2D eigenvalue weighted by Crippen LogP contribution is -2.44. The Morgan fingerprint density at radius 1 is 0.970 bits per heavy atom. The molecule has 0 aliphatic carbocycles. The number of likely N-dealkylation sites (tertiary alicyclic amines) is 1. The third kappa shape index (κ3) is 7.07. The van der Waals surface area contributed by atoms with E-state index in [1.165, 1.54) is 0 Å². The van der Waals surface area contributed by atoms with Crippen LogP contribution >= 0.6 is 0 Å². The molecule has 0 spiro atoms. The molecule has 1 amide bonds. The molecule has 3 rings (SSSR count). The van der Waals surface area contributed by atoms with Crippen LogP contribution in [0, 0.1) is 18.7 Å². The van der Waals surface area contributed by atoms with Crippen LogP contribution in [0.25, 0.3) is 0 Å². The maximum Gasteiger partial charge on any atom is 0.240 e. The van der Waals surface area contributed by atoms with E-state index >= 15 is 0 Å². The lowest BCUT2D eigenvalue weighted by atomic mass is 9.98. The number of carbonyl (C=O) groups is 1. The zero-order valence-electron chi connectivity index (χ0n) is 18.3. The molecule has 1 atom stereocenters. The summed E-state index contributed by atoms with van der Waals surface area (Å²) in [6.07, 6.45) is 1.50. The number of rotatable bonds is 9. The highest BCUT2D eigenvalue weighted by atomic mass is 32.2. The van der Waals surface area contributed by atoms with Crippen molar-refractivity contribution in [3.63, 3.8) is 0 Å². The van der Waals surface area contributed by atoms with Crippen molar-refractivity contribution < 1.29 is 26.0 Å². The van der Waals surface area contributed by atoms with Crippen molar-refractivity contribution >= 4 is 26.0 Å². The molecular formula is C22H28FN3O5S2. The second kappa shape index (κ2) is 10.7. The molecule has 33 heavy (non-hydrogen) atoms. The first kappa shape index (κ1) is 25.3. The van der Waals surface area contributed by atoms with Gasteiger partial charge in [-0.1, -0.05) is 17.7 Å². The van der Waals surface area contributed by atoms with Gasteiger partial charge >= 0.3 is 0 Å². The minimum absolute atomic E-state index is 0.0256. The predicted molar refractivity (Wildman–Crippen MR) is 122 cm³/mol. The fourth-order valence-electron chi connectivity index (χ4n) is 3.63. The summed E-state index contributed by atoms with van der Waals surface area (Å²) < 4.78 is 67.4. The maximum atomic E-state index is 13.0. The lowest BCUT2D eigenvalue weighted by Gasteiger charge is -2.33. The molecule has 2 aromatic carbocycles. The zero-order valence-corrected chi connectivity index (χ0v) is 20.0. The maximum absolute atomic E-state index is 13.0. The van der Waals surface area contributed by atoms with Crippen molar-refractivity contribution in [2.24, 2.45) is 5.92 Å². The molecule has 1 unspecified atom stereocenters. The van der Waals surface area contributed by atoms with Crippen LogP contribution in [0.5, 0.6) is 0 Å². The number of nitrogens with zero attached hydrogens (tertiary/aromatic N) is 1. The average molecular weight is 498 g/mol. The summed E-state index contributed by atoms with van der Waals surface area (Å²) >= 11 is 0. The molecule has 2 N–H and O–H groups in total. The summed E-state index contributed by atoms with van der Waals surface area (Å²) in [4.78, 5) is 14.3. The van der Waals surface area contributed by atoms with Crippen molar-refractivity contribution in [1.82, 2.24) is 14.3 Å². The van der Waals surface area contributed by atoms with Gasteiger partial charge in [0.25, 0.3) is 0 Å². The van der Waals surface area contributed by atoms with Gasteiger partial charge in [0, 0.05) is 32.6 Å². The van der Waals surface area contributed by atoms with Gasteiger partial charge in [0.05, 0.1) is 9.79 Å². The summed E-state index contributed by atoms with van der Waals surface area (Å²) in [5, 5.41) is 0. The van der Waals surface area contributed by atoms with Crippen LogP contribution in [-0.4, -0.2) is 53.8 Å². The summed E-state index contributed by atoms with van der Waals surface area (Å²) in [6.45, 7) is 2.97. The standard InChI is InChI=1S/C22H28FN3O5S2/c1-17-4-8-20(9-5-17)33(30,31)25-15-18-3-2-14-26(16-18)22(27)12-13-24-32(28,29)21-10-6-19(23)7-11-21/h4-11,18,24-25H,2-3,12-16H2,1H3. The van der Waals surface area contributed by atoms with E-state index in [4.69, 9.17) is 0 Å². The monoisotopic (exact) mass is 497 g/mol. The molecule has 0 saturated carbocycles. The van der Waals surface area contributed by atoms with Crippen LogP contribution < -0.4 is 9.44 Å². The molecule has 11 heteroatoms. The predicted octanol–water partition coefficient (Wildman–Crippen LogP) is 2.02. The van der Waals surface area contributed by atoms with Gasteiger partial charge in [0.15, 0.2) is 0 Å². The van der Waals surface area contributed by atoms with Gasteiger partial charge in [-0.15, -0.1) is 0 Å². The van der Waals surface area contributed by atoms with Crippen LogP contribution in [0.15, 0.2) is 58.3 Å². The first-order valence-electron chi connectivity index (χ1n) is 10.7. The van der Waals surface area contributed by atoms with E-state index in [2.05, 4.69) is 9.44 Å². The zero-order chi connectivity index (χ0) is 24.1. The summed E-state index contributed by atoms with van der Waals surface area (Å²) in [5.41, 5.74) is 0.968. The quantitative estimate of drug-likeness (QED) is 0.551. The molecule has 2 aromatic rings. The van der Waals surface area contributed by atoms with Gasteiger partial charge in [0.1, 0.15) is 5.82 Å². The van der Waals surface area contributed by atoms with Crippen molar-refractivity contribution in [3.05, 3.63) is 59.9 Å². The van der Waals surface area contributed by atoms with Gasteiger partial charge in [-0.05, 0) is 62.1 Å². The Hall–Kier alpha value is -2.34.